The summed E-state index contributed by atoms with van der Waals surface area (Å²) in [7, 11) is 1.54. The van der Waals surface area contributed by atoms with Crippen LogP contribution in [0.4, 0.5) is 10.5 Å². The van der Waals surface area contributed by atoms with Crippen LogP contribution in [0.3, 0.4) is 0 Å². The first-order chi connectivity index (χ1) is 20.3. The SMILES string of the molecule is COc1ccc(NC(=O)C(c2ccc(C)cc2C)N(CCO)C(=O)C(Cc2ccc(O)cc2)NC(=O)OC(C)(C)C)cc1. The molecule has 2 atom stereocenters. The highest BCUT2D eigenvalue weighted by molar-refractivity contribution is 5.99. The number of nitrogens with one attached hydrogen (secondary N) is 2. The standard InChI is InChI=1S/C33H41N3O7/c1-21-7-16-27(22(2)19-21)29(30(39)34-24-10-14-26(42-6)15-11-24)36(17-18-37)31(40)28(35-32(41)43-33(3,4)5)20-23-8-12-25(38)13-9-23/h7-16,19,28-29,37-38H,17-18,20H2,1-6H3,(H,34,39)(H,35,41). The van der Waals surface area contributed by atoms with E-state index in [4.69, 9.17) is 9.47 Å². The van der Waals surface area contributed by atoms with Crippen LogP contribution < -0.4 is 15.4 Å². The Morgan fingerprint density at radius 1 is 0.953 bits per heavy atom. The van der Waals surface area contributed by atoms with Crippen LogP contribution >= 0.6 is 0 Å². The minimum atomic E-state index is -1.16. The average molecular weight is 592 g/mol. The Kier molecular flexibility index (Phi) is 11.1. The molecule has 0 saturated heterocycles. The number of phenols is 1. The van der Waals surface area contributed by atoms with E-state index in [9.17, 15) is 24.6 Å². The molecule has 0 aliphatic rings. The molecule has 0 spiro atoms. The van der Waals surface area contributed by atoms with Gasteiger partial charge in [-0.15, -0.1) is 0 Å². The molecule has 0 bridgehead atoms. The normalized spacial score (nSPS) is 12.5. The summed E-state index contributed by atoms with van der Waals surface area (Å²) in [5.74, 6) is -0.424. The molecule has 4 N–H and O–H groups in total. The minimum absolute atomic E-state index is 0.0417. The molecule has 43 heavy (non-hydrogen) atoms. The van der Waals surface area contributed by atoms with Gasteiger partial charge in [0, 0.05) is 18.7 Å². The summed E-state index contributed by atoms with van der Waals surface area (Å²) in [5, 5.41) is 25.4. The highest BCUT2D eigenvalue weighted by Crippen LogP contribution is 2.28. The van der Waals surface area contributed by atoms with Gasteiger partial charge in [-0.05, 0) is 87.7 Å². The van der Waals surface area contributed by atoms with Crippen molar-refractivity contribution in [2.75, 3.05) is 25.6 Å². The molecule has 0 radical (unpaired) electrons. The number of benzene rings is 3. The first-order valence-corrected chi connectivity index (χ1v) is 14.0. The molecule has 0 aliphatic carbocycles. The number of methoxy groups -OCH3 is 1. The van der Waals surface area contributed by atoms with E-state index in [0.717, 1.165) is 11.1 Å². The van der Waals surface area contributed by atoms with Crippen molar-refractivity contribution in [2.24, 2.45) is 0 Å². The maximum Gasteiger partial charge on any atom is 0.408 e. The van der Waals surface area contributed by atoms with Gasteiger partial charge in [-0.2, -0.15) is 0 Å². The van der Waals surface area contributed by atoms with Gasteiger partial charge in [-0.25, -0.2) is 4.79 Å². The topological polar surface area (TPSA) is 137 Å². The monoisotopic (exact) mass is 591 g/mol. The van der Waals surface area contributed by atoms with Gasteiger partial charge in [-0.3, -0.25) is 9.59 Å². The number of alkyl carbamates (subject to hydrolysis) is 1. The molecular weight excluding hydrogens is 550 g/mol. The lowest BCUT2D eigenvalue weighted by atomic mass is 9.95. The number of amides is 3. The summed E-state index contributed by atoms with van der Waals surface area (Å²) in [6.45, 7) is 8.29. The number of nitrogens with zero attached hydrogens (tertiary/aromatic N) is 1. The number of carbonyl (C=O) groups excluding carboxylic acids is 3. The van der Waals surface area contributed by atoms with E-state index >= 15 is 0 Å². The maximum absolute atomic E-state index is 14.3. The molecule has 0 fully saturated rings. The second-order valence-corrected chi connectivity index (χ2v) is 11.3. The quantitative estimate of drug-likeness (QED) is 0.255. The van der Waals surface area contributed by atoms with Gasteiger partial charge in [0.15, 0.2) is 0 Å². The third-order valence-corrected chi connectivity index (χ3v) is 6.63. The smallest absolute Gasteiger partial charge is 0.408 e. The van der Waals surface area contributed by atoms with Crippen LogP contribution in [0.1, 0.15) is 49.1 Å². The zero-order valence-corrected chi connectivity index (χ0v) is 25.5. The molecule has 230 valence electrons. The van der Waals surface area contributed by atoms with Crippen molar-refractivity contribution in [1.29, 1.82) is 0 Å². The van der Waals surface area contributed by atoms with Gasteiger partial charge < -0.3 is 35.2 Å². The molecule has 0 heterocycles. The maximum atomic E-state index is 14.3. The number of rotatable bonds is 11. The molecule has 0 aromatic heterocycles. The Bertz CT molecular complexity index is 1400. The van der Waals surface area contributed by atoms with Crippen LogP contribution in [0.15, 0.2) is 66.7 Å². The molecular formula is C33H41N3O7. The lowest BCUT2D eigenvalue weighted by Gasteiger charge is -2.35. The molecule has 3 rings (SSSR count). The van der Waals surface area contributed by atoms with Gasteiger partial charge in [0.2, 0.25) is 5.91 Å². The predicted octanol–water partition coefficient (Wildman–Crippen LogP) is 4.65. The van der Waals surface area contributed by atoms with Crippen LogP contribution in [0.2, 0.25) is 0 Å². The van der Waals surface area contributed by atoms with E-state index in [0.29, 0.717) is 22.6 Å². The zero-order valence-electron chi connectivity index (χ0n) is 25.5. The van der Waals surface area contributed by atoms with Gasteiger partial charge in [0.25, 0.3) is 5.91 Å². The van der Waals surface area contributed by atoms with Crippen LogP contribution in [-0.4, -0.2) is 64.9 Å². The molecule has 0 aliphatic heterocycles. The Morgan fingerprint density at radius 2 is 1.60 bits per heavy atom. The first kappa shape index (κ1) is 32.9. The predicted molar refractivity (Wildman–Crippen MR) is 164 cm³/mol. The zero-order chi connectivity index (χ0) is 31.7. The Hall–Kier alpha value is -4.57. The lowest BCUT2D eigenvalue weighted by Crippen LogP contribution is -2.54. The van der Waals surface area contributed by atoms with Crippen LogP contribution in [0, 0.1) is 13.8 Å². The third kappa shape index (κ3) is 9.47. The molecule has 3 aromatic rings. The first-order valence-electron chi connectivity index (χ1n) is 14.0. The Balaban J connectivity index is 2.06. The Labute approximate surface area is 252 Å². The van der Waals surface area contributed by atoms with Gasteiger partial charge in [-0.1, -0.05) is 35.9 Å². The van der Waals surface area contributed by atoms with Crippen molar-refractivity contribution in [2.45, 2.75) is 58.7 Å². The summed E-state index contributed by atoms with van der Waals surface area (Å²) in [6, 6.07) is 16.3. The van der Waals surface area contributed by atoms with Crippen LogP contribution in [-0.2, 0) is 20.7 Å². The summed E-state index contributed by atoms with van der Waals surface area (Å²) in [4.78, 5) is 42.5. The Morgan fingerprint density at radius 3 is 2.16 bits per heavy atom. The van der Waals surface area contributed by atoms with Crippen molar-refractivity contribution in [1.82, 2.24) is 10.2 Å². The fourth-order valence-corrected chi connectivity index (χ4v) is 4.66. The summed E-state index contributed by atoms with van der Waals surface area (Å²) < 4.78 is 10.6. The number of ether oxygens (including phenoxy) is 2. The van der Waals surface area contributed by atoms with Crippen molar-refractivity contribution in [3.05, 3.63) is 89.0 Å². The van der Waals surface area contributed by atoms with Gasteiger partial charge >= 0.3 is 6.09 Å². The number of aryl methyl sites for hydroxylation is 2. The van der Waals surface area contributed by atoms with Crippen molar-refractivity contribution in [3.63, 3.8) is 0 Å². The van der Waals surface area contributed by atoms with E-state index in [1.807, 2.05) is 26.0 Å². The molecule has 10 heteroatoms. The highest BCUT2D eigenvalue weighted by atomic mass is 16.6. The lowest BCUT2D eigenvalue weighted by molar-refractivity contribution is -0.141. The number of anilines is 1. The minimum Gasteiger partial charge on any atom is -0.508 e. The van der Waals surface area contributed by atoms with E-state index in [-0.39, 0.29) is 18.7 Å². The highest BCUT2D eigenvalue weighted by Gasteiger charge is 2.37. The van der Waals surface area contributed by atoms with Crippen molar-refractivity contribution in [3.8, 4) is 11.5 Å². The molecule has 0 saturated carbocycles. The molecule has 2 unspecified atom stereocenters. The number of carbonyl (C=O) groups is 3. The number of hydrogen-bond donors (Lipinski definition) is 4. The van der Waals surface area contributed by atoms with Crippen molar-refractivity contribution >= 4 is 23.6 Å². The summed E-state index contributed by atoms with van der Waals surface area (Å²) in [6.07, 6.45) is -0.765. The van der Waals surface area contributed by atoms with E-state index in [2.05, 4.69) is 10.6 Å². The van der Waals surface area contributed by atoms with Crippen molar-refractivity contribution < 1.29 is 34.1 Å². The van der Waals surface area contributed by atoms with E-state index in [1.165, 1.54) is 17.0 Å². The molecule has 3 aromatic carbocycles. The number of aliphatic hydroxyl groups excluding tert-OH is 1. The number of aromatic hydroxyl groups is 1. The fourth-order valence-electron chi connectivity index (χ4n) is 4.66. The van der Waals surface area contributed by atoms with E-state index in [1.54, 1.807) is 70.3 Å². The van der Waals surface area contributed by atoms with Gasteiger partial charge in [0.05, 0.1) is 13.7 Å². The number of phenolic OH excluding ortho intramolecular Hbond substituents is 1. The van der Waals surface area contributed by atoms with Gasteiger partial charge in [0.1, 0.15) is 29.2 Å². The largest absolute Gasteiger partial charge is 0.508 e. The van der Waals surface area contributed by atoms with E-state index < -0.39 is 42.2 Å². The number of hydrogen-bond acceptors (Lipinski definition) is 7. The summed E-state index contributed by atoms with van der Waals surface area (Å²) in [5.41, 5.74) is 2.65. The average Bonchev–Trinajstić information content (AvgIpc) is 2.93. The number of aliphatic hydroxyl groups is 1. The second-order valence-electron chi connectivity index (χ2n) is 11.3. The fraction of sp³-hybridized carbons (Fsp3) is 0.364. The molecule has 3 amide bonds. The third-order valence-electron chi connectivity index (χ3n) is 6.63. The second kappa shape index (κ2) is 14.6. The van der Waals surface area contributed by atoms with Crippen LogP contribution in [0.5, 0.6) is 11.5 Å². The molecule has 10 nitrogen and oxygen atoms in total. The van der Waals surface area contributed by atoms with Crippen LogP contribution in [0.25, 0.3) is 0 Å². The summed E-state index contributed by atoms with van der Waals surface area (Å²) >= 11 is 0.